The Morgan fingerprint density at radius 2 is 2.08 bits per heavy atom. The molecule has 1 aromatic heterocycles. The molecule has 39 heavy (non-hydrogen) atoms. The number of carbonyl (C=O) groups excluding carboxylic acids is 2. The monoisotopic (exact) mass is 553 g/mol. The molecule has 1 saturated heterocycles. The molecule has 0 saturated carbocycles. The van der Waals surface area contributed by atoms with Gasteiger partial charge in [0.05, 0.1) is 41.2 Å². The molecule has 2 N–H and O–H groups in total. The number of nitriles is 1. The van der Waals surface area contributed by atoms with E-state index in [0.717, 1.165) is 11.6 Å². The largest absolute Gasteiger partial charge is 0.448 e. The zero-order chi connectivity index (χ0) is 28.3. The van der Waals surface area contributed by atoms with Gasteiger partial charge in [0.1, 0.15) is 0 Å². The Hall–Kier alpha value is -3.97. The number of hydrogen-bond donors (Lipinski definition) is 2. The number of benzene rings is 1. The topological polar surface area (TPSA) is 128 Å². The number of rotatable bonds is 7. The van der Waals surface area contributed by atoms with Crippen molar-refractivity contribution in [2.24, 2.45) is 5.41 Å². The maximum absolute atomic E-state index is 14.7. The van der Waals surface area contributed by atoms with Crippen molar-refractivity contribution in [2.75, 3.05) is 6.54 Å². The van der Waals surface area contributed by atoms with E-state index in [9.17, 15) is 24.0 Å². The van der Waals surface area contributed by atoms with Gasteiger partial charge in [-0.1, -0.05) is 18.2 Å². The first kappa shape index (κ1) is 28.0. The van der Waals surface area contributed by atoms with Crippen molar-refractivity contribution >= 4 is 23.4 Å². The molecular weight excluding hydrogens is 525 g/mol. The van der Waals surface area contributed by atoms with Gasteiger partial charge in [-0.3, -0.25) is 14.4 Å². The van der Waals surface area contributed by atoms with E-state index in [1.807, 2.05) is 18.2 Å². The fraction of sp³-hybridized carbons (Fsp3) is 0.393. The summed E-state index contributed by atoms with van der Waals surface area (Å²) in [6.07, 6.45) is 7.64. The number of nitrogens with one attached hydrogen (secondary N) is 2. The zero-order valence-electron chi connectivity index (χ0n) is 21.8. The van der Waals surface area contributed by atoms with Crippen molar-refractivity contribution in [1.29, 1.82) is 5.26 Å². The minimum absolute atomic E-state index is 0.0237. The van der Waals surface area contributed by atoms with Gasteiger partial charge in [-0.05, 0) is 63.8 Å². The molecule has 2 heterocycles. The van der Waals surface area contributed by atoms with Gasteiger partial charge in [-0.25, -0.2) is 9.49 Å². The number of ether oxygens (including phenoxy) is 1. The van der Waals surface area contributed by atoms with Crippen molar-refractivity contribution < 1.29 is 18.7 Å². The molecule has 9 nitrogen and oxygen atoms in total. The first-order valence-electron chi connectivity index (χ1n) is 12.6. The predicted octanol–water partition coefficient (Wildman–Crippen LogP) is 4.14. The van der Waals surface area contributed by atoms with E-state index in [4.69, 9.17) is 16.3 Å². The number of aromatic nitrogens is 2. The van der Waals surface area contributed by atoms with Crippen LogP contribution in [0.15, 0.2) is 52.9 Å². The summed E-state index contributed by atoms with van der Waals surface area (Å²) in [7, 11) is 0. The lowest BCUT2D eigenvalue weighted by atomic mass is 9.84. The Bertz CT molecular complexity index is 1440. The Kier molecular flexibility index (Phi) is 8.21. The van der Waals surface area contributed by atoms with Crippen molar-refractivity contribution in [1.82, 2.24) is 20.4 Å². The molecular formula is C28H29ClFN5O4. The molecule has 3 atom stereocenters. The van der Waals surface area contributed by atoms with Crippen LogP contribution >= 0.6 is 11.6 Å². The highest BCUT2D eigenvalue weighted by Gasteiger charge is 2.46. The van der Waals surface area contributed by atoms with Crippen LogP contribution in [0, 0.1) is 29.5 Å². The summed E-state index contributed by atoms with van der Waals surface area (Å²) in [6, 6.07) is 6.64. The molecule has 4 rings (SSSR count). The second-order valence-corrected chi connectivity index (χ2v) is 10.8. The molecule has 0 spiro atoms. The average molecular weight is 554 g/mol. The molecule has 0 bridgehead atoms. The van der Waals surface area contributed by atoms with Crippen LogP contribution in [0.25, 0.3) is 0 Å². The van der Waals surface area contributed by atoms with Crippen molar-refractivity contribution in [3.63, 3.8) is 0 Å². The summed E-state index contributed by atoms with van der Waals surface area (Å²) in [5, 5.41) is 18.1. The van der Waals surface area contributed by atoms with Gasteiger partial charge in [-0.15, -0.1) is 11.6 Å². The number of H-pyrrole nitrogens is 1. The molecule has 1 unspecified atom stereocenters. The van der Waals surface area contributed by atoms with Crippen LogP contribution in [0.1, 0.15) is 49.2 Å². The van der Waals surface area contributed by atoms with Crippen LogP contribution < -0.4 is 15.6 Å². The second kappa shape index (κ2) is 11.4. The normalized spacial score (nSPS) is 20.8. The van der Waals surface area contributed by atoms with Gasteiger partial charge < -0.3 is 15.0 Å². The Morgan fingerprint density at radius 3 is 2.77 bits per heavy atom. The molecule has 2 amide bonds. The van der Waals surface area contributed by atoms with Gasteiger partial charge >= 0.3 is 5.56 Å². The number of likely N-dealkylation sites (tertiary alicyclic amines) is 1. The first-order valence-corrected chi connectivity index (χ1v) is 13.0. The third-order valence-corrected chi connectivity index (χ3v) is 7.29. The minimum atomic E-state index is -0.855. The minimum Gasteiger partial charge on any atom is -0.448 e. The third-order valence-electron chi connectivity index (χ3n) is 6.99. The molecule has 1 aromatic carbocycles. The van der Waals surface area contributed by atoms with Gasteiger partial charge in [0.2, 0.25) is 5.91 Å². The molecule has 1 fully saturated rings. The van der Waals surface area contributed by atoms with Gasteiger partial charge in [0, 0.05) is 11.6 Å². The van der Waals surface area contributed by atoms with E-state index in [1.54, 1.807) is 25.7 Å². The van der Waals surface area contributed by atoms with Crippen LogP contribution in [0.5, 0.6) is 11.5 Å². The van der Waals surface area contributed by atoms with Crippen LogP contribution in [0.2, 0.25) is 0 Å². The highest BCUT2D eigenvalue weighted by molar-refractivity contribution is 6.22. The Labute approximate surface area is 230 Å². The van der Waals surface area contributed by atoms with E-state index in [-0.39, 0.29) is 47.0 Å². The molecule has 11 heteroatoms. The van der Waals surface area contributed by atoms with Crippen LogP contribution in [-0.4, -0.2) is 50.9 Å². The van der Waals surface area contributed by atoms with E-state index in [1.165, 1.54) is 18.2 Å². The summed E-state index contributed by atoms with van der Waals surface area (Å²) >= 11 is 6.33. The number of nitrogens with zero attached hydrogens (tertiary/aromatic N) is 3. The molecule has 2 aromatic rings. The van der Waals surface area contributed by atoms with Crippen LogP contribution in [0.3, 0.4) is 0 Å². The molecule has 2 aliphatic rings. The number of carbonyl (C=O) groups is 2. The van der Waals surface area contributed by atoms with E-state index in [2.05, 4.69) is 21.6 Å². The Balaban J connectivity index is 1.47. The van der Waals surface area contributed by atoms with Crippen molar-refractivity contribution in [2.45, 2.75) is 57.5 Å². The van der Waals surface area contributed by atoms with Crippen molar-refractivity contribution in [3.8, 4) is 17.6 Å². The maximum atomic E-state index is 14.7. The lowest BCUT2D eigenvalue weighted by Crippen LogP contribution is -2.51. The lowest BCUT2D eigenvalue weighted by molar-refractivity contribution is -0.134. The van der Waals surface area contributed by atoms with Crippen LogP contribution in [0.4, 0.5) is 4.39 Å². The number of halogens is 2. The number of aryl methyl sites for hydroxylation is 1. The van der Waals surface area contributed by atoms with E-state index < -0.39 is 22.7 Å². The summed E-state index contributed by atoms with van der Waals surface area (Å²) < 4.78 is 20.1. The highest BCUT2D eigenvalue weighted by Crippen LogP contribution is 2.40. The fourth-order valence-corrected chi connectivity index (χ4v) is 5.23. The first-order chi connectivity index (χ1) is 18.5. The van der Waals surface area contributed by atoms with Gasteiger partial charge in [0.15, 0.2) is 17.3 Å². The maximum Gasteiger partial charge on any atom is 0.307 e. The summed E-state index contributed by atoms with van der Waals surface area (Å²) in [6.45, 7) is 4.91. The lowest BCUT2D eigenvalue weighted by Gasteiger charge is -2.37. The SMILES string of the molecule is Cc1cc(Oc2ccc(C(=O)NCC(=O)N3[C@H](C4=CC=CC(Cl)C4)CC[C@@H]3C(C)(C)C#N)cc2F)c(=O)[nH]n1. The number of hydrogen-bond acceptors (Lipinski definition) is 6. The number of amides is 2. The summed E-state index contributed by atoms with van der Waals surface area (Å²) in [4.78, 5) is 39.8. The summed E-state index contributed by atoms with van der Waals surface area (Å²) in [5.74, 6) is -2.23. The summed E-state index contributed by atoms with van der Waals surface area (Å²) in [5.41, 5.74) is 0.0391. The highest BCUT2D eigenvalue weighted by atomic mass is 35.5. The van der Waals surface area contributed by atoms with Gasteiger partial charge in [0.25, 0.3) is 5.91 Å². The predicted molar refractivity (Wildman–Crippen MR) is 143 cm³/mol. The average Bonchev–Trinajstić information content (AvgIpc) is 3.37. The number of allylic oxidation sites excluding steroid dienone is 3. The van der Waals surface area contributed by atoms with Crippen molar-refractivity contribution in [3.05, 3.63) is 75.5 Å². The zero-order valence-corrected chi connectivity index (χ0v) is 22.6. The Morgan fingerprint density at radius 1 is 1.31 bits per heavy atom. The number of aromatic amines is 1. The number of alkyl halides is 1. The second-order valence-electron chi connectivity index (χ2n) is 10.2. The standard InChI is InChI=1S/C28H29ClFN5O4/c1-16-11-23(27(38)34-33-16)39-22-9-7-18(13-20(22)30)26(37)32-14-25(36)35-21(17-5-4-6-19(29)12-17)8-10-24(35)28(2,3)15-31/h4-7,9,11,13,19,21,24H,8,10,12,14H2,1-3H3,(H,32,37)(H,34,38)/t19?,21-,24+/m0/s1. The molecule has 1 aliphatic heterocycles. The molecule has 204 valence electrons. The molecule has 1 aliphatic carbocycles. The molecule has 0 radical (unpaired) electrons. The fourth-order valence-electron chi connectivity index (χ4n) is 4.96. The quantitative estimate of drug-likeness (QED) is 0.496. The van der Waals surface area contributed by atoms with E-state index >= 15 is 0 Å². The van der Waals surface area contributed by atoms with Gasteiger partial charge in [-0.2, -0.15) is 10.4 Å². The van der Waals surface area contributed by atoms with Crippen LogP contribution in [-0.2, 0) is 4.79 Å². The smallest absolute Gasteiger partial charge is 0.307 e. The van der Waals surface area contributed by atoms with E-state index in [0.29, 0.717) is 25.0 Å². The third kappa shape index (κ3) is 6.20.